The van der Waals surface area contributed by atoms with Crippen molar-refractivity contribution in [1.29, 1.82) is 0 Å². The number of aromatic nitrogens is 4. The molecule has 1 aromatic carbocycles. The smallest absolute Gasteiger partial charge is 0.244 e. The molecule has 10 nitrogen and oxygen atoms in total. The Bertz CT molecular complexity index is 1140. The van der Waals surface area contributed by atoms with Gasteiger partial charge in [-0.05, 0) is 31.7 Å². The molecule has 2 aliphatic heterocycles. The molecule has 0 bridgehead atoms. The van der Waals surface area contributed by atoms with Gasteiger partial charge in [-0.2, -0.15) is 4.98 Å². The largest absolute Gasteiger partial charge is 0.486 e. The van der Waals surface area contributed by atoms with Crippen LogP contribution < -0.4 is 19.7 Å². The van der Waals surface area contributed by atoms with E-state index in [1.54, 1.807) is 23.3 Å². The van der Waals surface area contributed by atoms with Crippen molar-refractivity contribution in [2.75, 3.05) is 44.8 Å². The van der Waals surface area contributed by atoms with Crippen molar-refractivity contribution in [3.8, 4) is 17.4 Å². The monoisotopic (exact) mass is 449 g/mol. The van der Waals surface area contributed by atoms with Crippen molar-refractivity contribution in [3.63, 3.8) is 0 Å². The fourth-order valence-corrected chi connectivity index (χ4v) is 4.10. The second-order valence-corrected chi connectivity index (χ2v) is 8.30. The predicted octanol–water partition coefficient (Wildman–Crippen LogP) is 1.18. The number of aryl methyl sites for hydroxylation is 1. The summed E-state index contributed by atoms with van der Waals surface area (Å²) >= 11 is 0. The number of fused-ring (bicyclic) bond motifs is 1. The maximum absolute atomic E-state index is 13.3. The molecule has 0 aliphatic carbocycles. The third kappa shape index (κ3) is 4.61. The number of amides is 1. The van der Waals surface area contributed by atoms with Gasteiger partial charge in [0, 0.05) is 50.3 Å². The number of ether oxygens (including phenoxy) is 2. The predicted molar refractivity (Wildman–Crippen MR) is 122 cm³/mol. The highest BCUT2D eigenvalue weighted by molar-refractivity contribution is 5.85. The van der Waals surface area contributed by atoms with E-state index in [1.807, 2.05) is 38.2 Å². The zero-order valence-corrected chi connectivity index (χ0v) is 18.8. The lowest BCUT2D eigenvalue weighted by Gasteiger charge is -2.39. The van der Waals surface area contributed by atoms with Crippen molar-refractivity contribution >= 4 is 11.7 Å². The third-order valence-electron chi connectivity index (χ3n) is 5.82. The minimum Gasteiger partial charge on any atom is -0.486 e. The molecule has 3 aromatic rings. The van der Waals surface area contributed by atoms with Crippen LogP contribution in [-0.2, 0) is 11.3 Å². The topological polar surface area (TPSA) is 97.6 Å². The number of imidazole rings is 1. The van der Waals surface area contributed by atoms with Crippen molar-refractivity contribution < 1.29 is 14.3 Å². The molecule has 2 aromatic heterocycles. The van der Waals surface area contributed by atoms with Gasteiger partial charge in [-0.3, -0.25) is 9.36 Å². The fourth-order valence-electron chi connectivity index (χ4n) is 4.10. The van der Waals surface area contributed by atoms with Crippen LogP contribution in [0.3, 0.4) is 0 Å². The van der Waals surface area contributed by atoms with E-state index in [2.05, 4.69) is 25.1 Å². The van der Waals surface area contributed by atoms with E-state index in [-0.39, 0.29) is 11.9 Å². The van der Waals surface area contributed by atoms with Gasteiger partial charge in [0.1, 0.15) is 31.4 Å². The summed E-state index contributed by atoms with van der Waals surface area (Å²) in [6.07, 6.45) is 5.16. The van der Waals surface area contributed by atoms with Crippen LogP contribution in [0.5, 0.6) is 11.5 Å². The summed E-state index contributed by atoms with van der Waals surface area (Å²) in [4.78, 5) is 30.9. The summed E-state index contributed by atoms with van der Waals surface area (Å²) in [5.74, 6) is 2.69. The van der Waals surface area contributed by atoms with Gasteiger partial charge < -0.3 is 24.6 Å². The third-order valence-corrected chi connectivity index (χ3v) is 5.82. The molecule has 10 heteroatoms. The summed E-state index contributed by atoms with van der Waals surface area (Å²) in [5.41, 5.74) is 1.79. The van der Waals surface area contributed by atoms with Crippen LogP contribution in [0.2, 0.25) is 0 Å². The molecule has 1 amide bonds. The van der Waals surface area contributed by atoms with Crippen molar-refractivity contribution in [2.24, 2.45) is 0 Å². The molecule has 33 heavy (non-hydrogen) atoms. The summed E-state index contributed by atoms with van der Waals surface area (Å²) in [5, 5.41) is 3.09. The molecule has 1 saturated heterocycles. The fraction of sp³-hybridized carbons (Fsp3) is 0.391. The Morgan fingerprint density at radius 3 is 2.82 bits per heavy atom. The molecule has 172 valence electrons. The van der Waals surface area contributed by atoms with Gasteiger partial charge in [0.25, 0.3) is 0 Å². The van der Waals surface area contributed by atoms with Crippen LogP contribution in [0, 0.1) is 6.92 Å². The number of nitrogens with one attached hydrogen (secondary N) is 1. The molecule has 0 saturated carbocycles. The number of carbonyl (C=O) groups excluding carboxylic acids is 1. The Morgan fingerprint density at radius 2 is 2.00 bits per heavy atom. The van der Waals surface area contributed by atoms with Gasteiger partial charge in [0.05, 0.1) is 0 Å². The minimum atomic E-state index is -0.370. The van der Waals surface area contributed by atoms with E-state index in [0.29, 0.717) is 38.8 Å². The quantitative estimate of drug-likeness (QED) is 0.620. The van der Waals surface area contributed by atoms with Crippen molar-refractivity contribution in [1.82, 2.24) is 29.7 Å². The molecular weight excluding hydrogens is 422 g/mol. The molecule has 0 radical (unpaired) electrons. The SMILES string of the molecule is Cc1cc(N2CCN(C)CC2C(=O)NCc2ccc3c(c2)OCCO3)nc(-n2ccnc2)n1. The molecular formula is C23H27N7O3. The molecule has 0 spiro atoms. The minimum absolute atomic E-state index is 0.0446. The number of hydrogen-bond donors (Lipinski definition) is 1. The summed E-state index contributed by atoms with van der Waals surface area (Å²) < 4.78 is 13.0. The normalized spacial score (nSPS) is 18.2. The van der Waals surface area contributed by atoms with E-state index in [0.717, 1.165) is 35.1 Å². The molecule has 5 rings (SSSR count). The molecule has 1 N–H and O–H groups in total. The van der Waals surface area contributed by atoms with Crippen molar-refractivity contribution in [2.45, 2.75) is 19.5 Å². The van der Waals surface area contributed by atoms with E-state index >= 15 is 0 Å². The lowest BCUT2D eigenvalue weighted by Crippen LogP contribution is -2.58. The molecule has 1 unspecified atom stereocenters. The second-order valence-electron chi connectivity index (χ2n) is 8.30. The zero-order valence-electron chi connectivity index (χ0n) is 18.8. The average molecular weight is 450 g/mol. The van der Waals surface area contributed by atoms with E-state index in [4.69, 9.17) is 14.5 Å². The Morgan fingerprint density at radius 1 is 1.15 bits per heavy atom. The number of rotatable bonds is 5. The number of hydrogen-bond acceptors (Lipinski definition) is 8. The van der Waals surface area contributed by atoms with Gasteiger partial charge >= 0.3 is 0 Å². The number of carbonyl (C=O) groups is 1. The van der Waals surface area contributed by atoms with Crippen LogP contribution in [0.4, 0.5) is 5.82 Å². The number of anilines is 1. The highest BCUT2D eigenvalue weighted by atomic mass is 16.6. The first kappa shape index (κ1) is 21.2. The number of likely N-dealkylation sites (N-methyl/N-ethyl adjacent to an activating group) is 1. The lowest BCUT2D eigenvalue weighted by atomic mass is 10.1. The van der Waals surface area contributed by atoms with E-state index in [1.165, 1.54) is 0 Å². The Balaban J connectivity index is 1.34. The van der Waals surface area contributed by atoms with Crippen LogP contribution in [0.25, 0.3) is 5.95 Å². The standard InChI is InChI=1S/C23H27N7O3/c1-16-11-21(27-23(26-16)29-6-5-24-15-29)30-8-7-28(2)14-18(30)22(31)25-13-17-3-4-19-20(12-17)33-10-9-32-19/h3-6,11-12,15,18H,7-10,13-14H2,1-2H3,(H,25,31). The van der Waals surface area contributed by atoms with Crippen molar-refractivity contribution in [3.05, 3.63) is 54.2 Å². The highest BCUT2D eigenvalue weighted by Crippen LogP contribution is 2.30. The second kappa shape index (κ2) is 9.07. The number of benzene rings is 1. The molecule has 2 aliphatic rings. The Labute approximate surface area is 192 Å². The summed E-state index contributed by atoms with van der Waals surface area (Å²) in [7, 11) is 2.03. The van der Waals surface area contributed by atoms with Gasteiger partial charge in [0.15, 0.2) is 11.5 Å². The Kier molecular flexibility index (Phi) is 5.82. The number of piperazine rings is 1. The summed E-state index contributed by atoms with van der Waals surface area (Å²) in [6, 6.07) is 7.31. The average Bonchev–Trinajstić information content (AvgIpc) is 3.37. The maximum Gasteiger partial charge on any atom is 0.244 e. The molecule has 4 heterocycles. The first-order valence-electron chi connectivity index (χ1n) is 11.0. The lowest BCUT2D eigenvalue weighted by molar-refractivity contribution is -0.123. The Hall–Kier alpha value is -3.66. The molecule has 1 atom stereocenters. The van der Waals surface area contributed by atoms with Crippen LogP contribution in [0.15, 0.2) is 43.0 Å². The maximum atomic E-state index is 13.3. The van der Waals surface area contributed by atoms with E-state index < -0.39 is 0 Å². The number of nitrogens with zero attached hydrogens (tertiary/aromatic N) is 6. The van der Waals surface area contributed by atoms with Gasteiger partial charge in [-0.1, -0.05) is 6.07 Å². The summed E-state index contributed by atoms with van der Waals surface area (Å²) in [6.45, 7) is 5.57. The van der Waals surface area contributed by atoms with Gasteiger partial charge in [-0.25, -0.2) is 9.97 Å². The van der Waals surface area contributed by atoms with Crippen LogP contribution >= 0.6 is 0 Å². The molecule has 1 fully saturated rings. The van der Waals surface area contributed by atoms with E-state index in [9.17, 15) is 4.79 Å². The van der Waals surface area contributed by atoms with Gasteiger partial charge in [0.2, 0.25) is 11.9 Å². The van der Waals surface area contributed by atoms with Crippen LogP contribution in [0.1, 0.15) is 11.3 Å². The first-order valence-corrected chi connectivity index (χ1v) is 11.0. The highest BCUT2D eigenvalue weighted by Gasteiger charge is 2.32. The van der Waals surface area contributed by atoms with Gasteiger partial charge in [-0.15, -0.1) is 0 Å². The van der Waals surface area contributed by atoms with Crippen LogP contribution in [-0.4, -0.2) is 76.3 Å². The first-order chi connectivity index (χ1) is 16.1. The zero-order chi connectivity index (χ0) is 22.8.